The maximum absolute atomic E-state index is 11.7. The lowest BCUT2D eigenvalue weighted by atomic mass is 10.1. The fraction of sp³-hybridized carbons (Fsp3) is 0.750. The van der Waals surface area contributed by atoms with E-state index in [1.54, 1.807) is 10.9 Å². The van der Waals surface area contributed by atoms with Gasteiger partial charge in [-0.15, -0.1) is 5.10 Å². The second-order valence-electron chi connectivity index (χ2n) is 5.07. The average Bonchev–Trinajstić information content (AvgIpc) is 2.70. The van der Waals surface area contributed by atoms with E-state index in [0.717, 1.165) is 25.9 Å². The number of nitrogens with one attached hydrogen (secondary N) is 1. The fourth-order valence-electron chi connectivity index (χ4n) is 1.74. The van der Waals surface area contributed by atoms with Gasteiger partial charge in [0.2, 0.25) is 0 Å². The van der Waals surface area contributed by atoms with E-state index in [1.165, 1.54) is 0 Å². The van der Waals surface area contributed by atoms with Crippen molar-refractivity contribution in [2.24, 2.45) is 5.92 Å². The second kappa shape index (κ2) is 5.95. The minimum absolute atomic E-state index is 0.298. The summed E-state index contributed by atoms with van der Waals surface area (Å²) in [7, 11) is 0. The van der Waals surface area contributed by atoms with Gasteiger partial charge in [0, 0.05) is 13.1 Å². The van der Waals surface area contributed by atoms with Crippen molar-refractivity contribution in [3.8, 4) is 0 Å². The number of aromatic nitrogens is 3. The molecule has 0 amide bonds. The summed E-state index contributed by atoms with van der Waals surface area (Å²) in [6, 6.07) is 0.319. The molecule has 2 heterocycles. The highest BCUT2D eigenvalue weighted by molar-refractivity contribution is 5.86. The molecule has 0 saturated carbocycles. The summed E-state index contributed by atoms with van der Waals surface area (Å²) in [5, 5.41) is 10.9. The maximum atomic E-state index is 11.7. The first-order chi connectivity index (χ1) is 8.66. The SMILES string of the molecule is CC(C)CCCOC(=O)c1cn(C2CNC2)nn1. The molecule has 0 spiro atoms. The van der Waals surface area contributed by atoms with Crippen LogP contribution in [0.25, 0.3) is 0 Å². The summed E-state index contributed by atoms with van der Waals surface area (Å²) < 4.78 is 6.88. The van der Waals surface area contributed by atoms with Gasteiger partial charge in [-0.3, -0.25) is 0 Å². The van der Waals surface area contributed by atoms with Gasteiger partial charge in [-0.25, -0.2) is 9.48 Å². The monoisotopic (exact) mass is 252 g/mol. The van der Waals surface area contributed by atoms with E-state index in [9.17, 15) is 4.79 Å². The Hall–Kier alpha value is -1.43. The van der Waals surface area contributed by atoms with Gasteiger partial charge in [0.15, 0.2) is 5.69 Å². The highest BCUT2D eigenvalue weighted by Crippen LogP contribution is 2.10. The Labute approximate surface area is 107 Å². The van der Waals surface area contributed by atoms with Gasteiger partial charge in [0.25, 0.3) is 0 Å². The Morgan fingerprint density at radius 3 is 3.00 bits per heavy atom. The predicted octanol–water partition coefficient (Wildman–Crippen LogP) is 1.02. The maximum Gasteiger partial charge on any atom is 0.360 e. The van der Waals surface area contributed by atoms with Crippen LogP contribution in [0.1, 0.15) is 43.2 Å². The molecule has 18 heavy (non-hydrogen) atoms. The standard InChI is InChI=1S/C12H20N4O2/c1-9(2)4-3-5-18-12(17)11-8-16(15-14-11)10-6-13-7-10/h8-10,13H,3-7H2,1-2H3. The first-order valence-electron chi connectivity index (χ1n) is 6.46. The lowest BCUT2D eigenvalue weighted by Crippen LogP contribution is -2.43. The topological polar surface area (TPSA) is 69.0 Å². The van der Waals surface area contributed by atoms with Crippen molar-refractivity contribution in [3.05, 3.63) is 11.9 Å². The molecule has 1 fully saturated rings. The molecular weight excluding hydrogens is 232 g/mol. The molecular formula is C12H20N4O2. The summed E-state index contributed by atoms with van der Waals surface area (Å²) in [6.07, 6.45) is 3.62. The molecule has 0 radical (unpaired) electrons. The fourth-order valence-corrected chi connectivity index (χ4v) is 1.74. The van der Waals surface area contributed by atoms with E-state index in [1.807, 2.05) is 0 Å². The molecule has 1 N–H and O–H groups in total. The normalized spacial score (nSPS) is 15.7. The average molecular weight is 252 g/mol. The van der Waals surface area contributed by atoms with E-state index in [4.69, 9.17) is 4.74 Å². The zero-order chi connectivity index (χ0) is 13.0. The second-order valence-corrected chi connectivity index (χ2v) is 5.07. The van der Waals surface area contributed by atoms with Gasteiger partial charge in [-0.05, 0) is 18.8 Å². The first kappa shape index (κ1) is 13.0. The van der Waals surface area contributed by atoms with Gasteiger partial charge in [-0.1, -0.05) is 19.1 Å². The molecule has 2 rings (SSSR count). The number of carbonyl (C=O) groups is 1. The third-order valence-corrected chi connectivity index (χ3v) is 3.01. The number of rotatable bonds is 6. The summed E-state index contributed by atoms with van der Waals surface area (Å²) in [5.41, 5.74) is 0.298. The van der Waals surface area contributed by atoms with Crippen LogP contribution in [0.5, 0.6) is 0 Å². The third-order valence-electron chi connectivity index (χ3n) is 3.01. The molecule has 6 nitrogen and oxygen atoms in total. The van der Waals surface area contributed by atoms with Crippen molar-refractivity contribution in [1.29, 1.82) is 0 Å². The Balaban J connectivity index is 1.76. The van der Waals surface area contributed by atoms with Crippen molar-refractivity contribution in [3.63, 3.8) is 0 Å². The van der Waals surface area contributed by atoms with E-state index in [0.29, 0.717) is 24.3 Å². The smallest absolute Gasteiger partial charge is 0.360 e. The van der Waals surface area contributed by atoms with Crippen molar-refractivity contribution >= 4 is 5.97 Å². The molecule has 6 heteroatoms. The summed E-state index contributed by atoms with van der Waals surface area (Å²) >= 11 is 0. The Bertz CT molecular complexity index is 399. The molecule has 1 saturated heterocycles. The van der Waals surface area contributed by atoms with Crippen molar-refractivity contribution in [2.75, 3.05) is 19.7 Å². The molecule has 0 atom stereocenters. The predicted molar refractivity (Wildman–Crippen MR) is 66.3 cm³/mol. The van der Waals surface area contributed by atoms with Crippen LogP contribution in [-0.2, 0) is 4.74 Å². The van der Waals surface area contributed by atoms with Crippen molar-refractivity contribution in [1.82, 2.24) is 20.3 Å². The van der Waals surface area contributed by atoms with Crippen LogP contribution in [-0.4, -0.2) is 40.7 Å². The van der Waals surface area contributed by atoms with Gasteiger partial charge >= 0.3 is 5.97 Å². The summed E-state index contributed by atoms with van der Waals surface area (Å²) in [4.78, 5) is 11.7. The largest absolute Gasteiger partial charge is 0.461 e. The minimum atomic E-state index is -0.378. The molecule has 1 aliphatic rings. The number of carbonyl (C=O) groups excluding carboxylic acids is 1. The van der Waals surface area contributed by atoms with E-state index < -0.39 is 0 Å². The molecule has 100 valence electrons. The zero-order valence-corrected chi connectivity index (χ0v) is 10.9. The van der Waals surface area contributed by atoms with E-state index in [-0.39, 0.29) is 5.97 Å². The summed E-state index contributed by atoms with van der Waals surface area (Å²) in [6.45, 7) is 6.52. The Kier molecular flexibility index (Phi) is 4.30. The van der Waals surface area contributed by atoms with Crippen molar-refractivity contribution in [2.45, 2.75) is 32.7 Å². The van der Waals surface area contributed by atoms with Crippen LogP contribution < -0.4 is 5.32 Å². The van der Waals surface area contributed by atoms with Crippen LogP contribution >= 0.6 is 0 Å². The highest BCUT2D eigenvalue weighted by Gasteiger charge is 2.22. The third kappa shape index (κ3) is 3.29. The Morgan fingerprint density at radius 1 is 1.61 bits per heavy atom. The number of ether oxygens (including phenoxy) is 1. The molecule has 0 aromatic carbocycles. The number of hydrogen-bond acceptors (Lipinski definition) is 5. The molecule has 0 bridgehead atoms. The first-order valence-corrected chi connectivity index (χ1v) is 6.46. The highest BCUT2D eigenvalue weighted by atomic mass is 16.5. The van der Waals surface area contributed by atoms with Gasteiger partial charge < -0.3 is 10.1 Å². The lowest BCUT2D eigenvalue weighted by Gasteiger charge is -2.26. The quantitative estimate of drug-likeness (QED) is 0.604. The zero-order valence-electron chi connectivity index (χ0n) is 10.9. The minimum Gasteiger partial charge on any atom is -0.461 e. The van der Waals surface area contributed by atoms with E-state index >= 15 is 0 Å². The van der Waals surface area contributed by atoms with Crippen LogP contribution in [0.4, 0.5) is 0 Å². The number of nitrogens with zero attached hydrogens (tertiary/aromatic N) is 3. The van der Waals surface area contributed by atoms with Crippen LogP contribution in [0.2, 0.25) is 0 Å². The number of hydrogen-bond donors (Lipinski definition) is 1. The van der Waals surface area contributed by atoms with Crippen molar-refractivity contribution < 1.29 is 9.53 Å². The van der Waals surface area contributed by atoms with Crippen LogP contribution in [0.3, 0.4) is 0 Å². The summed E-state index contributed by atoms with van der Waals surface area (Å²) in [5.74, 6) is 0.257. The van der Waals surface area contributed by atoms with E-state index in [2.05, 4.69) is 29.5 Å². The molecule has 1 aliphatic heterocycles. The lowest BCUT2D eigenvalue weighted by molar-refractivity contribution is 0.0487. The molecule has 0 aliphatic carbocycles. The van der Waals surface area contributed by atoms with Gasteiger partial charge in [0.1, 0.15) is 0 Å². The molecule has 0 unspecified atom stereocenters. The Morgan fingerprint density at radius 2 is 2.39 bits per heavy atom. The van der Waals surface area contributed by atoms with Crippen LogP contribution in [0.15, 0.2) is 6.20 Å². The van der Waals surface area contributed by atoms with Gasteiger partial charge in [0.05, 0.1) is 18.8 Å². The van der Waals surface area contributed by atoms with Gasteiger partial charge in [-0.2, -0.15) is 0 Å². The molecule has 1 aromatic rings. The molecule has 1 aromatic heterocycles. The van der Waals surface area contributed by atoms with Crippen LogP contribution in [0, 0.1) is 5.92 Å². The number of esters is 1.